The van der Waals surface area contributed by atoms with E-state index < -0.39 is 0 Å². The van der Waals surface area contributed by atoms with Gasteiger partial charge in [0.1, 0.15) is 11.3 Å². The molecule has 1 N–H and O–H groups in total. The Bertz CT molecular complexity index is 886. The van der Waals surface area contributed by atoms with E-state index in [0.29, 0.717) is 17.0 Å². The molecule has 140 valence electrons. The molecule has 3 rings (SSSR count). The maximum absolute atomic E-state index is 12.8. The van der Waals surface area contributed by atoms with Gasteiger partial charge in [-0.15, -0.1) is 0 Å². The average Bonchev–Trinajstić information content (AvgIpc) is 3.09. The van der Waals surface area contributed by atoms with Gasteiger partial charge in [-0.2, -0.15) is 0 Å². The smallest absolute Gasteiger partial charge is 0.257 e. The van der Waals surface area contributed by atoms with Gasteiger partial charge in [0, 0.05) is 11.6 Å². The van der Waals surface area contributed by atoms with E-state index in [1.54, 1.807) is 14.0 Å². The molecule has 0 aliphatic heterocycles. The molecule has 1 heterocycles. The Morgan fingerprint density at radius 1 is 1.15 bits per heavy atom. The van der Waals surface area contributed by atoms with Gasteiger partial charge in [-0.1, -0.05) is 35.5 Å². The molecule has 1 aromatic heterocycles. The zero-order chi connectivity index (χ0) is 19.2. The molecule has 1 atom stereocenters. The third-order valence-electron chi connectivity index (χ3n) is 4.53. The first kappa shape index (κ1) is 18.7. The van der Waals surface area contributed by atoms with Crippen molar-refractivity contribution in [1.82, 2.24) is 10.5 Å². The van der Waals surface area contributed by atoms with Gasteiger partial charge in [-0.25, -0.2) is 0 Å². The van der Waals surface area contributed by atoms with Crippen LogP contribution in [-0.4, -0.2) is 24.2 Å². The number of rotatable bonds is 7. The SMILES string of the molecule is COc1ccc(-c2onc(C)c2C(=O)NC(C)CCc2ccccc2)cc1. The highest BCUT2D eigenvalue weighted by atomic mass is 16.5. The molecule has 3 aromatic rings. The summed E-state index contributed by atoms with van der Waals surface area (Å²) in [6.07, 6.45) is 1.77. The predicted octanol–water partition coefficient (Wildman–Crippen LogP) is 4.41. The van der Waals surface area contributed by atoms with Crippen LogP contribution in [0.1, 0.15) is 35.0 Å². The highest BCUT2D eigenvalue weighted by molar-refractivity contribution is 6.00. The molecule has 0 aliphatic carbocycles. The molecule has 0 bridgehead atoms. The largest absolute Gasteiger partial charge is 0.497 e. The van der Waals surface area contributed by atoms with Crippen LogP contribution < -0.4 is 10.1 Å². The normalized spacial score (nSPS) is 11.8. The van der Waals surface area contributed by atoms with Gasteiger partial charge in [0.2, 0.25) is 0 Å². The number of methoxy groups -OCH3 is 1. The van der Waals surface area contributed by atoms with Gasteiger partial charge in [0.05, 0.1) is 12.8 Å². The van der Waals surface area contributed by atoms with Crippen LogP contribution in [0.25, 0.3) is 11.3 Å². The number of ether oxygens (including phenoxy) is 1. The van der Waals surface area contributed by atoms with E-state index in [4.69, 9.17) is 9.26 Å². The predicted molar refractivity (Wildman–Crippen MR) is 105 cm³/mol. The summed E-state index contributed by atoms with van der Waals surface area (Å²) in [6.45, 7) is 3.79. The number of carbonyl (C=O) groups is 1. The van der Waals surface area contributed by atoms with Gasteiger partial charge in [-0.05, 0) is 56.5 Å². The minimum Gasteiger partial charge on any atom is -0.497 e. The summed E-state index contributed by atoms with van der Waals surface area (Å²) in [5.74, 6) is 1.05. The van der Waals surface area contributed by atoms with Crippen LogP contribution >= 0.6 is 0 Å². The molecule has 0 spiro atoms. The number of amides is 1. The monoisotopic (exact) mass is 364 g/mol. The lowest BCUT2D eigenvalue weighted by molar-refractivity contribution is 0.0938. The zero-order valence-corrected chi connectivity index (χ0v) is 15.9. The van der Waals surface area contributed by atoms with Gasteiger partial charge in [0.25, 0.3) is 5.91 Å². The molecule has 0 saturated carbocycles. The fourth-order valence-electron chi connectivity index (χ4n) is 2.97. The fraction of sp³-hybridized carbons (Fsp3) is 0.273. The highest BCUT2D eigenvalue weighted by Gasteiger charge is 2.23. The quantitative estimate of drug-likeness (QED) is 0.674. The summed E-state index contributed by atoms with van der Waals surface area (Å²) in [4.78, 5) is 12.8. The maximum atomic E-state index is 12.8. The molecule has 0 fully saturated rings. The summed E-state index contributed by atoms with van der Waals surface area (Å²) < 4.78 is 10.6. The van der Waals surface area contributed by atoms with Gasteiger partial charge >= 0.3 is 0 Å². The first-order chi connectivity index (χ1) is 13.1. The Morgan fingerprint density at radius 2 is 1.85 bits per heavy atom. The molecule has 1 amide bonds. The van der Waals surface area contributed by atoms with Crippen LogP contribution in [0.4, 0.5) is 0 Å². The van der Waals surface area contributed by atoms with E-state index in [2.05, 4.69) is 22.6 Å². The van der Waals surface area contributed by atoms with E-state index in [9.17, 15) is 4.79 Å². The molecule has 27 heavy (non-hydrogen) atoms. The molecule has 5 heteroatoms. The molecule has 2 aromatic carbocycles. The van der Waals surface area contributed by atoms with Crippen molar-refractivity contribution < 1.29 is 14.1 Å². The summed E-state index contributed by atoms with van der Waals surface area (Å²) in [7, 11) is 1.61. The lowest BCUT2D eigenvalue weighted by atomic mass is 10.0. The lowest BCUT2D eigenvalue weighted by Gasteiger charge is -2.14. The molecule has 1 unspecified atom stereocenters. The van der Waals surface area contributed by atoms with E-state index >= 15 is 0 Å². The standard InChI is InChI=1S/C22H24N2O3/c1-15(9-10-17-7-5-4-6-8-17)23-22(25)20-16(2)24-27-21(20)18-11-13-19(26-3)14-12-18/h4-8,11-15H,9-10H2,1-3H3,(H,23,25). The van der Waals surface area contributed by atoms with Crippen molar-refractivity contribution in [3.05, 3.63) is 71.4 Å². The minimum atomic E-state index is -0.167. The number of benzene rings is 2. The van der Waals surface area contributed by atoms with Crippen molar-refractivity contribution in [1.29, 1.82) is 0 Å². The van der Waals surface area contributed by atoms with Crippen molar-refractivity contribution in [2.24, 2.45) is 0 Å². The Balaban J connectivity index is 1.70. The van der Waals surface area contributed by atoms with E-state index in [1.165, 1.54) is 5.56 Å². The summed E-state index contributed by atoms with van der Waals surface area (Å²) >= 11 is 0. The molecule has 0 radical (unpaired) electrons. The second-order valence-electron chi connectivity index (χ2n) is 6.60. The number of hydrogen-bond donors (Lipinski definition) is 1. The van der Waals surface area contributed by atoms with Crippen LogP contribution in [0.3, 0.4) is 0 Å². The molecule has 0 saturated heterocycles. The zero-order valence-electron chi connectivity index (χ0n) is 15.9. The topological polar surface area (TPSA) is 64.4 Å². The number of nitrogens with one attached hydrogen (secondary N) is 1. The summed E-state index contributed by atoms with van der Waals surface area (Å²) in [5, 5.41) is 7.05. The van der Waals surface area contributed by atoms with Gasteiger partial charge < -0.3 is 14.6 Å². The van der Waals surface area contributed by atoms with Crippen molar-refractivity contribution in [3.63, 3.8) is 0 Å². The fourth-order valence-corrected chi connectivity index (χ4v) is 2.97. The second-order valence-corrected chi connectivity index (χ2v) is 6.60. The summed E-state index contributed by atoms with van der Waals surface area (Å²) in [6, 6.07) is 17.7. The van der Waals surface area contributed by atoms with Crippen LogP contribution in [0.5, 0.6) is 5.75 Å². The lowest BCUT2D eigenvalue weighted by Crippen LogP contribution is -2.33. The van der Waals surface area contributed by atoms with Gasteiger partial charge in [0.15, 0.2) is 5.76 Å². The average molecular weight is 364 g/mol. The molecule has 5 nitrogen and oxygen atoms in total. The van der Waals surface area contributed by atoms with Crippen LogP contribution in [0.15, 0.2) is 59.1 Å². The minimum absolute atomic E-state index is 0.0377. The number of aryl methyl sites for hydroxylation is 2. The van der Waals surface area contributed by atoms with E-state index in [0.717, 1.165) is 24.2 Å². The number of carbonyl (C=O) groups excluding carboxylic acids is 1. The first-order valence-electron chi connectivity index (χ1n) is 9.04. The number of nitrogens with zero attached hydrogens (tertiary/aromatic N) is 1. The van der Waals surface area contributed by atoms with Crippen molar-refractivity contribution in [2.45, 2.75) is 32.7 Å². The Kier molecular flexibility index (Phi) is 5.91. The highest BCUT2D eigenvalue weighted by Crippen LogP contribution is 2.28. The van der Waals surface area contributed by atoms with Crippen molar-refractivity contribution in [2.75, 3.05) is 7.11 Å². The third kappa shape index (κ3) is 4.56. The maximum Gasteiger partial charge on any atom is 0.257 e. The molecular formula is C22H24N2O3. The molecular weight excluding hydrogens is 340 g/mol. The van der Waals surface area contributed by atoms with Gasteiger partial charge in [-0.3, -0.25) is 4.79 Å². The Morgan fingerprint density at radius 3 is 2.52 bits per heavy atom. The Labute approximate surface area is 159 Å². The van der Waals surface area contributed by atoms with Crippen molar-refractivity contribution in [3.8, 4) is 17.1 Å². The van der Waals surface area contributed by atoms with Crippen LogP contribution in [0.2, 0.25) is 0 Å². The number of hydrogen-bond acceptors (Lipinski definition) is 4. The third-order valence-corrected chi connectivity index (χ3v) is 4.53. The number of aromatic nitrogens is 1. The first-order valence-corrected chi connectivity index (χ1v) is 9.04. The van der Waals surface area contributed by atoms with Crippen LogP contribution in [-0.2, 0) is 6.42 Å². The second kappa shape index (κ2) is 8.54. The Hall–Kier alpha value is -3.08. The summed E-state index contributed by atoms with van der Waals surface area (Å²) in [5.41, 5.74) is 3.11. The van der Waals surface area contributed by atoms with E-state index in [-0.39, 0.29) is 11.9 Å². The van der Waals surface area contributed by atoms with E-state index in [1.807, 2.05) is 49.4 Å². The van der Waals surface area contributed by atoms with Crippen molar-refractivity contribution >= 4 is 5.91 Å². The molecule has 0 aliphatic rings. The van der Waals surface area contributed by atoms with Crippen LogP contribution in [0, 0.1) is 6.92 Å².